The van der Waals surface area contributed by atoms with Gasteiger partial charge >= 0.3 is 0 Å². The average Bonchev–Trinajstić information content (AvgIpc) is 3.13. The normalized spacial score (nSPS) is 17.6. The zero-order chi connectivity index (χ0) is 21.8. The van der Waals surface area contributed by atoms with Crippen LogP contribution in [0.5, 0.6) is 17.2 Å². The van der Waals surface area contributed by atoms with E-state index in [0.717, 1.165) is 34.7 Å². The van der Waals surface area contributed by atoms with Crippen LogP contribution in [0.25, 0.3) is 0 Å². The van der Waals surface area contributed by atoms with Gasteiger partial charge in [-0.1, -0.05) is 30.3 Å². The van der Waals surface area contributed by atoms with E-state index in [1.165, 1.54) is 0 Å². The maximum atomic E-state index is 6.32. The van der Waals surface area contributed by atoms with Crippen LogP contribution in [0.2, 0.25) is 0 Å². The fourth-order valence-corrected chi connectivity index (χ4v) is 3.89. The highest BCUT2D eigenvalue weighted by Crippen LogP contribution is 2.46. The Morgan fingerprint density at radius 3 is 2.48 bits per heavy atom. The summed E-state index contributed by atoms with van der Waals surface area (Å²) in [6.07, 6.45) is 1.86. The van der Waals surface area contributed by atoms with Gasteiger partial charge in [0.05, 0.1) is 18.2 Å². The molecule has 1 aliphatic rings. The summed E-state index contributed by atoms with van der Waals surface area (Å²) in [5.74, 6) is 2.55. The Morgan fingerprint density at radius 2 is 1.81 bits per heavy atom. The molecule has 0 amide bonds. The average molecular weight is 439 g/mol. The molecule has 0 saturated carbocycles. The number of para-hydroxylation sites is 1. The number of aromatic nitrogens is 1. The lowest BCUT2D eigenvalue weighted by molar-refractivity contribution is 0.00935. The fraction of sp³-hybridized carbons (Fsp3) is 0.320. The number of alkyl halides is 1. The summed E-state index contributed by atoms with van der Waals surface area (Å²) in [7, 11) is 4.06. The Labute approximate surface area is 188 Å². The molecule has 0 N–H and O–H groups in total. The Kier molecular flexibility index (Phi) is 6.46. The number of rotatable bonds is 8. The summed E-state index contributed by atoms with van der Waals surface area (Å²) in [6, 6.07) is 17.7. The van der Waals surface area contributed by atoms with E-state index >= 15 is 0 Å². The minimum absolute atomic E-state index is 0.269. The second-order valence-electron chi connectivity index (χ2n) is 7.97. The van der Waals surface area contributed by atoms with Crippen LogP contribution in [0.1, 0.15) is 29.3 Å². The predicted octanol–water partition coefficient (Wildman–Crippen LogP) is 5.35. The SMILES string of the molecule is CN(C)CCOc1ccc(C2(C)OCc3c2cnc(CCl)c3Oc2ccccc2)cc1. The van der Waals surface area contributed by atoms with Crippen molar-refractivity contribution in [3.05, 3.63) is 83.2 Å². The molecule has 2 aromatic carbocycles. The summed E-state index contributed by atoms with van der Waals surface area (Å²) in [5, 5.41) is 0. The third-order valence-electron chi connectivity index (χ3n) is 5.53. The summed E-state index contributed by atoms with van der Waals surface area (Å²) in [6.45, 7) is 4.01. The van der Waals surface area contributed by atoms with Crippen LogP contribution in [0.4, 0.5) is 0 Å². The topological polar surface area (TPSA) is 43.8 Å². The molecular formula is C25H27ClN2O3. The van der Waals surface area contributed by atoms with Gasteiger partial charge in [-0.2, -0.15) is 0 Å². The molecule has 0 radical (unpaired) electrons. The zero-order valence-electron chi connectivity index (χ0n) is 18.1. The molecule has 31 heavy (non-hydrogen) atoms. The van der Waals surface area contributed by atoms with Gasteiger partial charge < -0.3 is 19.1 Å². The second kappa shape index (κ2) is 9.27. The minimum Gasteiger partial charge on any atom is -0.492 e. The summed E-state index contributed by atoms with van der Waals surface area (Å²) in [4.78, 5) is 6.69. The monoisotopic (exact) mass is 438 g/mol. The van der Waals surface area contributed by atoms with Gasteiger partial charge in [0, 0.05) is 23.9 Å². The highest BCUT2D eigenvalue weighted by molar-refractivity contribution is 6.17. The molecule has 0 aliphatic carbocycles. The van der Waals surface area contributed by atoms with Gasteiger partial charge in [-0.05, 0) is 50.8 Å². The first kappa shape index (κ1) is 21.6. The number of nitrogens with zero attached hydrogens (tertiary/aromatic N) is 2. The Hall–Kier alpha value is -2.60. The second-order valence-corrected chi connectivity index (χ2v) is 8.24. The van der Waals surface area contributed by atoms with Crippen molar-refractivity contribution in [1.29, 1.82) is 0 Å². The molecule has 1 unspecified atom stereocenters. The van der Waals surface area contributed by atoms with Crippen LogP contribution < -0.4 is 9.47 Å². The number of likely N-dealkylation sites (N-methyl/N-ethyl adjacent to an activating group) is 1. The Morgan fingerprint density at radius 1 is 1.06 bits per heavy atom. The van der Waals surface area contributed by atoms with E-state index < -0.39 is 5.60 Å². The highest BCUT2D eigenvalue weighted by atomic mass is 35.5. The van der Waals surface area contributed by atoms with Crippen LogP contribution in [0.3, 0.4) is 0 Å². The third kappa shape index (κ3) is 4.54. The van der Waals surface area contributed by atoms with Crippen molar-refractivity contribution < 1.29 is 14.2 Å². The molecular weight excluding hydrogens is 412 g/mol. The van der Waals surface area contributed by atoms with Gasteiger partial charge in [0.25, 0.3) is 0 Å². The molecule has 5 nitrogen and oxygen atoms in total. The maximum Gasteiger partial charge on any atom is 0.156 e. The van der Waals surface area contributed by atoms with Crippen molar-refractivity contribution in [2.24, 2.45) is 0 Å². The lowest BCUT2D eigenvalue weighted by Crippen LogP contribution is -2.22. The number of hydrogen-bond acceptors (Lipinski definition) is 5. The first-order chi connectivity index (χ1) is 15.0. The van der Waals surface area contributed by atoms with Gasteiger partial charge in [-0.25, -0.2) is 0 Å². The molecule has 6 heteroatoms. The van der Waals surface area contributed by atoms with E-state index in [1.807, 2.05) is 74.9 Å². The van der Waals surface area contributed by atoms with Crippen molar-refractivity contribution in [1.82, 2.24) is 9.88 Å². The number of ether oxygens (including phenoxy) is 3. The van der Waals surface area contributed by atoms with Crippen molar-refractivity contribution in [2.45, 2.75) is 25.0 Å². The van der Waals surface area contributed by atoms with Crippen LogP contribution in [-0.4, -0.2) is 37.1 Å². The standard InChI is InChI=1S/C25H27ClN2O3/c1-25(18-9-11-19(12-10-18)29-14-13-28(2)3)22-16-27-23(15-26)24(21(22)17-30-25)31-20-7-5-4-6-8-20/h4-12,16H,13-15,17H2,1-3H3. The number of pyridine rings is 1. The van der Waals surface area contributed by atoms with E-state index in [9.17, 15) is 0 Å². The molecule has 0 spiro atoms. The summed E-state index contributed by atoms with van der Waals surface area (Å²) < 4.78 is 18.3. The predicted molar refractivity (Wildman–Crippen MR) is 122 cm³/mol. The molecule has 1 aliphatic heterocycles. The molecule has 0 bridgehead atoms. The Bertz CT molecular complexity index is 1020. The molecule has 1 aromatic heterocycles. The molecule has 0 fully saturated rings. The molecule has 4 rings (SSSR count). The lowest BCUT2D eigenvalue weighted by atomic mass is 9.88. The smallest absolute Gasteiger partial charge is 0.156 e. The molecule has 3 aromatic rings. The largest absolute Gasteiger partial charge is 0.492 e. The van der Waals surface area contributed by atoms with Crippen LogP contribution in [-0.2, 0) is 22.8 Å². The highest BCUT2D eigenvalue weighted by Gasteiger charge is 2.40. The van der Waals surface area contributed by atoms with Crippen molar-refractivity contribution >= 4 is 11.6 Å². The first-order valence-corrected chi connectivity index (χ1v) is 10.9. The minimum atomic E-state index is -0.621. The van der Waals surface area contributed by atoms with Gasteiger partial charge in [0.2, 0.25) is 0 Å². The maximum absolute atomic E-state index is 6.32. The van der Waals surface area contributed by atoms with Crippen molar-refractivity contribution in [2.75, 3.05) is 27.2 Å². The van der Waals surface area contributed by atoms with Crippen molar-refractivity contribution in [3.63, 3.8) is 0 Å². The van der Waals surface area contributed by atoms with Gasteiger partial charge in [0.15, 0.2) is 5.75 Å². The quantitative estimate of drug-likeness (QED) is 0.444. The molecule has 0 saturated heterocycles. The van der Waals surface area contributed by atoms with Gasteiger partial charge in [0.1, 0.15) is 23.7 Å². The van der Waals surface area contributed by atoms with Crippen molar-refractivity contribution in [3.8, 4) is 17.2 Å². The Balaban J connectivity index is 1.62. The molecule has 2 heterocycles. The van der Waals surface area contributed by atoms with Crippen LogP contribution in [0, 0.1) is 0 Å². The first-order valence-electron chi connectivity index (χ1n) is 10.3. The van der Waals surface area contributed by atoms with E-state index in [4.69, 9.17) is 25.8 Å². The molecule has 162 valence electrons. The van der Waals surface area contributed by atoms with E-state index in [0.29, 0.717) is 24.7 Å². The number of fused-ring (bicyclic) bond motifs is 1. The number of benzene rings is 2. The third-order valence-corrected chi connectivity index (χ3v) is 5.79. The van der Waals surface area contributed by atoms with E-state index in [1.54, 1.807) is 0 Å². The molecule has 1 atom stereocenters. The fourth-order valence-electron chi connectivity index (χ4n) is 3.70. The van der Waals surface area contributed by atoms with Crippen LogP contribution >= 0.6 is 11.6 Å². The number of hydrogen-bond donors (Lipinski definition) is 0. The lowest BCUT2D eigenvalue weighted by Gasteiger charge is -2.25. The van der Waals surface area contributed by atoms with E-state index in [2.05, 4.69) is 16.8 Å². The number of halogens is 1. The van der Waals surface area contributed by atoms with Gasteiger partial charge in [-0.3, -0.25) is 4.98 Å². The van der Waals surface area contributed by atoms with Crippen LogP contribution in [0.15, 0.2) is 60.8 Å². The summed E-state index contributed by atoms with van der Waals surface area (Å²) >= 11 is 6.17. The van der Waals surface area contributed by atoms with E-state index in [-0.39, 0.29) is 5.88 Å². The zero-order valence-corrected chi connectivity index (χ0v) is 18.9. The summed E-state index contributed by atoms with van der Waals surface area (Å²) in [5.41, 5.74) is 3.11. The van der Waals surface area contributed by atoms with Gasteiger partial charge in [-0.15, -0.1) is 11.6 Å².